The van der Waals surface area contributed by atoms with E-state index in [2.05, 4.69) is 18.4 Å². The molecule has 1 atom stereocenters. The molecule has 0 saturated carbocycles. The highest BCUT2D eigenvalue weighted by molar-refractivity contribution is 6.35. The van der Waals surface area contributed by atoms with Crippen LogP contribution in [0, 0.1) is 0 Å². The van der Waals surface area contributed by atoms with E-state index in [0.717, 1.165) is 41.1 Å². The lowest BCUT2D eigenvalue weighted by atomic mass is 10.1. The summed E-state index contributed by atoms with van der Waals surface area (Å²) in [5, 5.41) is 0.775. The van der Waals surface area contributed by atoms with E-state index in [4.69, 9.17) is 22.3 Å². The smallest absolute Gasteiger partial charge is 0.110 e. The second-order valence-electron chi connectivity index (χ2n) is 5.47. The third-order valence-electron chi connectivity index (χ3n) is 3.31. The minimum absolute atomic E-state index is 0.250. The Bertz CT molecular complexity index is 558. The minimum Gasteiger partial charge on any atom is -0.328 e. The van der Waals surface area contributed by atoms with E-state index in [-0.39, 0.29) is 6.04 Å². The van der Waals surface area contributed by atoms with Crippen LogP contribution in [0.5, 0.6) is 0 Å². The number of hydrogen-bond acceptors (Lipinski definition) is 2. The first-order valence-corrected chi connectivity index (χ1v) is 7.29. The Morgan fingerprint density at radius 1 is 1.32 bits per heavy atom. The molecule has 0 aliphatic rings. The zero-order valence-electron chi connectivity index (χ0n) is 11.9. The number of imidazole rings is 1. The predicted octanol–water partition coefficient (Wildman–Crippen LogP) is 3.94. The molecule has 2 N–H and O–H groups in total. The van der Waals surface area contributed by atoms with Crippen LogP contribution in [0.15, 0.2) is 18.2 Å². The lowest BCUT2D eigenvalue weighted by Gasteiger charge is -2.14. The molecular formula is C15H22ClN3. The number of nitrogens with two attached hydrogens (primary N) is 1. The number of para-hydroxylation sites is 1. The highest BCUT2D eigenvalue weighted by Gasteiger charge is 2.15. The van der Waals surface area contributed by atoms with Gasteiger partial charge in [0.2, 0.25) is 0 Å². The standard InChI is InChI=1S/C15H22ClN3/c1-10(2)19-14(9-4-6-11(3)17)18-13-8-5-7-12(16)15(13)19/h5,7-8,10-11H,4,6,9,17H2,1-3H3. The SMILES string of the molecule is CC(N)CCCc1nc2cccc(Cl)c2n1C(C)C. The van der Waals surface area contributed by atoms with E-state index in [9.17, 15) is 0 Å². The van der Waals surface area contributed by atoms with Crippen LogP contribution in [-0.2, 0) is 6.42 Å². The third kappa shape index (κ3) is 3.10. The summed E-state index contributed by atoms with van der Waals surface area (Å²) in [4.78, 5) is 4.73. The van der Waals surface area contributed by atoms with Crippen molar-refractivity contribution in [3.63, 3.8) is 0 Å². The van der Waals surface area contributed by atoms with Crippen LogP contribution >= 0.6 is 11.6 Å². The Kier molecular flexibility index (Phi) is 4.48. The minimum atomic E-state index is 0.250. The Morgan fingerprint density at radius 2 is 2.05 bits per heavy atom. The van der Waals surface area contributed by atoms with E-state index in [1.807, 2.05) is 25.1 Å². The lowest BCUT2D eigenvalue weighted by molar-refractivity contribution is 0.555. The number of hydrogen-bond donors (Lipinski definition) is 1. The summed E-state index contributed by atoms with van der Waals surface area (Å²) < 4.78 is 2.25. The van der Waals surface area contributed by atoms with Gasteiger partial charge in [-0.25, -0.2) is 4.98 Å². The number of fused-ring (bicyclic) bond motifs is 1. The molecule has 1 heterocycles. The Hall–Kier alpha value is -1.06. The summed E-state index contributed by atoms with van der Waals surface area (Å²) in [6.07, 6.45) is 3.03. The summed E-state index contributed by atoms with van der Waals surface area (Å²) in [7, 11) is 0. The van der Waals surface area contributed by atoms with Crippen molar-refractivity contribution in [1.82, 2.24) is 9.55 Å². The zero-order chi connectivity index (χ0) is 14.0. The van der Waals surface area contributed by atoms with Gasteiger partial charge in [-0.05, 0) is 45.7 Å². The average Bonchev–Trinajstić information content (AvgIpc) is 2.68. The Balaban J connectivity index is 2.37. The molecule has 2 aromatic rings. The van der Waals surface area contributed by atoms with Gasteiger partial charge in [-0.2, -0.15) is 0 Å². The van der Waals surface area contributed by atoms with Gasteiger partial charge in [0, 0.05) is 18.5 Å². The van der Waals surface area contributed by atoms with Crippen molar-refractivity contribution >= 4 is 22.6 Å². The molecule has 1 aromatic carbocycles. The maximum absolute atomic E-state index is 6.32. The lowest BCUT2D eigenvalue weighted by Crippen LogP contribution is -2.15. The number of benzene rings is 1. The van der Waals surface area contributed by atoms with Gasteiger partial charge in [-0.15, -0.1) is 0 Å². The summed E-state index contributed by atoms with van der Waals surface area (Å²) >= 11 is 6.32. The number of aromatic nitrogens is 2. The van der Waals surface area contributed by atoms with E-state index >= 15 is 0 Å². The van der Waals surface area contributed by atoms with Gasteiger partial charge < -0.3 is 10.3 Å². The molecule has 0 aliphatic heterocycles. The van der Waals surface area contributed by atoms with Gasteiger partial charge in [0.15, 0.2) is 0 Å². The molecule has 19 heavy (non-hydrogen) atoms. The number of nitrogens with zero attached hydrogens (tertiary/aromatic N) is 2. The molecule has 0 radical (unpaired) electrons. The van der Waals surface area contributed by atoms with Crippen molar-refractivity contribution in [1.29, 1.82) is 0 Å². The van der Waals surface area contributed by atoms with E-state index < -0.39 is 0 Å². The Morgan fingerprint density at radius 3 is 2.68 bits per heavy atom. The fourth-order valence-corrected chi connectivity index (χ4v) is 2.73. The van der Waals surface area contributed by atoms with Crippen molar-refractivity contribution in [3.05, 3.63) is 29.0 Å². The first kappa shape index (κ1) is 14.4. The second-order valence-corrected chi connectivity index (χ2v) is 5.88. The maximum atomic E-state index is 6.32. The highest BCUT2D eigenvalue weighted by Crippen LogP contribution is 2.28. The van der Waals surface area contributed by atoms with Gasteiger partial charge in [-0.3, -0.25) is 0 Å². The van der Waals surface area contributed by atoms with Gasteiger partial charge in [-0.1, -0.05) is 17.7 Å². The molecule has 104 valence electrons. The molecule has 0 fully saturated rings. The van der Waals surface area contributed by atoms with Crippen LogP contribution in [-0.4, -0.2) is 15.6 Å². The van der Waals surface area contributed by atoms with E-state index in [0.29, 0.717) is 6.04 Å². The number of halogens is 1. The number of rotatable bonds is 5. The van der Waals surface area contributed by atoms with E-state index in [1.54, 1.807) is 0 Å². The molecule has 0 spiro atoms. The topological polar surface area (TPSA) is 43.8 Å². The molecule has 4 heteroatoms. The quantitative estimate of drug-likeness (QED) is 0.901. The molecule has 2 rings (SSSR count). The van der Waals surface area contributed by atoms with Gasteiger partial charge in [0.05, 0.1) is 16.1 Å². The van der Waals surface area contributed by atoms with Gasteiger partial charge in [0.1, 0.15) is 5.82 Å². The van der Waals surface area contributed by atoms with Crippen molar-refractivity contribution in [3.8, 4) is 0 Å². The molecule has 3 nitrogen and oxygen atoms in total. The molecule has 1 aromatic heterocycles. The predicted molar refractivity (Wildman–Crippen MR) is 81.7 cm³/mol. The van der Waals surface area contributed by atoms with Gasteiger partial charge in [0.25, 0.3) is 0 Å². The van der Waals surface area contributed by atoms with Crippen LogP contribution in [0.3, 0.4) is 0 Å². The number of aryl methyl sites for hydroxylation is 1. The Labute approximate surface area is 119 Å². The molecule has 1 unspecified atom stereocenters. The average molecular weight is 280 g/mol. The molecule has 0 amide bonds. The van der Waals surface area contributed by atoms with Crippen LogP contribution in [0.2, 0.25) is 5.02 Å². The zero-order valence-corrected chi connectivity index (χ0v) is 12.6. The van der Waals surface area contributed by atoms with Crippen molar-refractivity contribution in [2.24, 2.45) is 5.73 Å². The summed E-state index contributed by atoms with van der Waals surface area (Å²) in [6.45, 7) is 6.38. The highest BCUT2D eigenvalue weighted by atomic mass is 35.5. The fraction of sp³-hybridized carbons (Fsp3) is 0.533. The summed E-state index contributed by atoms with van der Waals surface area (Å²) in [5.74, 6) is 1.11. The largest absolute Gasteiger partial charge is 0.328 e. The second kappa shape index (κ2) is 5.93. The first-order valence-electron chi connectivity index (χ1n) is 6.91. The van der Waals surface area contributed by atoms with Crippen molar-refractivity contribution in [2.75, 3.05) is 0 Å². The van der Waals surface area contributed by atoms with Crippen LogP contribution in [0.25, 0.3) is 11.0 Å². The van der Waals surface area contributed by atoms with Crippen LogP contribution < -0.4 is 5.73 Å². The summed E-state index contributed by atoms with van der Waals surface area (Å²) in [5.41, 5.74) is 7.84. The molecule has 0 saturated heterocycles. The van der Waals surface area contributed by atoms with Crippen molar-refractivity contribution < 1.29 is 0 Å². The monoisotopic (exact) mass is 279 g/mol. The first-order chi connectivity index (χ1) is 9.00. The normalized spacial score (nSPS) is 13.4. The summed E-state index contributed by atoms with van der Waals surface area (Å²) in [6, 6.07) is 6.51. The van der Waals surface area contributed by atoms with Crippen molar-refractivity contribution in [2.45, 2.75) is 52.1 Å². The van der Waals surface area contributed by atoms with Crippen LogP contribution in [0.1, 0.15) is 45.5 Å². The van der Waals surface area contributed by atoms with Crippen LogP contribution in [0.4, 0.5) is 0 Å². The molecule has 0 bridgehead atoms. The molecule has 0 aliphatic carbocycles. The van der Waals surface area contributed by atoms with E-state index in [1.165, 1.54) is 0 Å². The van der Waals surface area contributed by atoms with Gasteiger partial charge >= 0.3 is 0 Å². The molecular weight excluding hydrogens is 258 g/mol. The third-order valence-corrected chi connectivity index (χ3v) is 3.62. The fourth-order valence-electron chi connectivity index (χ4n) is 2.47. The maximum Gasteiger partial charge on any atom is 0.110 e.